The number of halogens is 1. The number of pyridine rings is 1. The molecule has 7 nitrogen and oxygen atoms in total. The molecule has 0 atom stereocenters. The van der Waals surface area contributed by atoms with Crippen LogP contribution in [0.4, 0.5) is 5.82 Å². The topological polar surface area (TPSA) is 66.0 Å². The Balaban J connectivity index is 1.73. The minimum Gasteiger partial charge on any atom is -0.378 e. The summed E-state index contributed by atoms with van der Waals surface area (Å²) < 4.78 is 5.28. The first kappa shape index (κ1) is 18.9. The number of carbonyl (C=O) groups excluding carboxylic acids is 2. The Morgan fingerprint density at radius 2 is 2.04 bits per heavy atom. The highest BCUT2D eigenvalue weighted by Gasteiger charge is 2.25. The molecule has 142 valence electrons. The molecular weight excluding hydrogens is 356 g/mol. The van der Waals surface area contributed by atoms with Crippen molar-refractivity contribution in [2.24, 2.45) is 0 Å². The Kier molecular flexibility index (Phi) is 6.32. The number of hydrogen-bond acceptors (Lipinski definition) is 5. The summed E-state index contributed by atoms with van der Waals surface area (Å²) in [6, 6.07) is 1.65. The molecule has 0 aromatic carbocycles. The van der Waals surface area contributed by atoms with Crippen LogP contribution in [-0.4, -0.2) is 79.1 Å². The maximum absolute atomic E-state index is 12.6. The van der Waals surface area contributed by atoms with Crippen LogP contribution < -0.4 is 4.90 Å². The summed E-state index contributed by atoms with van der Waals surface area (Å²) in [4.78, 5) is 34.9. The van der Waals surface area contributed by atoms with E-state index in [0.717, 1.165) is 32.5 Å². The van der Waals surface area contributed by atoms with Crippen LogP contribution >= 0.6 is 11.6 Å². The van der Waals surface area contributed by atoms with Gasteiger partial charge in [-0.25, -0.2) is 4.98 Å². The van der Waals surface area contributed by atoms with Crippen LogP contribution in [0.2, 0.25) is 5.02 Å². The standard InChI is InChI=1S/C18H25ClN4O3/c1-2-4-21-5-3-6-23(13-16(21)24)17-15(19)11-14(12-20-17)18(25)22-7-9-26-10-8-22/h11-12H,2-10,13H2,1H3. The van der Waals surface area contributed by atoms with E-state index < -0.39 is 0 Å². The average molecular weight is 381 g/mol. The lowest BCUT2D eigenvalue weighted by Crippen LogP contribution is -2.40. The van der Waals surface area contributed by atoms with Crippen LogP contribution in [0.5, 0.6) is 0 Å². The van der Waals surface area contributed by atoms with Crippen LogP contribution in [0.25, 0.3) is 0 Å². The van der Waals surface area contributed by atoms with Gasteiger partial charge < -0.3 is 19.4 Å². The van der Waals surface area contributed by atoms with E-state index in [1.165, 1.54) is 0 Å². The molecule has 1 aromatic heterocycles. The molecule has 2 aliphatic heterocycles. The molecule has 0 spiro atoms. The quantitative estimate of drug-likeness (QED) is 0.794. The molecule has 8 heteroatoms. The van der Waals surface area contributed by atoms with E-state index in [0.29, 0.717) is 42.7 Å². The zero-order valence-electron chi connectivity index (χ0n) is 15.1. The Labute approximate surface area is 158 Å². The zero-order valence-corrected chi connectivity index (χ0v) is 15.9. The fourth-order valence-corrected chi connectivity index (χ4v) is 3.62. The van der Waals surface area contributed by atoms with Crippen molar-refractivity contribution in [3.05, 3.63) is 22.8 Å². The third-order valence-electron chi connectivity index (χ3n) is 4.69. The first-order valence-corrected chi connectivity index (χ1v) is 9.53. The molecule has 0 bridgehead atoms. The van der Waals surface area contributed by atoms with Crippen LogP contribution in [0.1, 0.15) is 30.1 Å². The predicted molar refractivity (Wildman–Crippen MR) is 99.7 cm³/mol. The van der Waals surface area contributed by atoms with Crippen molar-refractivity contribution in [1.82, 2.24) is 14.8 Å². The van der Waals surface area contributed by atoms with E-state index in [4.69, 9.17) is 16.3 Å². The third kappa shape index (κ3) is 4.27. The first-order chi connectivity index (χ1) is 12.6. The molecule has 0 radical (unpaired) electrons. The lowest BCUT2D eigenvalue weighted by Gasteiger charge is -2.27. The summed E-state index contributed by atoms with van der Waals surface area (Å²) in [7, 11) is 0. The predicted octanol–water partition coefficient (Wildman–Crippen LogP) is 1.66. The van der Waals surface area contributed by atoms with Crippen molar-refractivity contribution in [2.45, 2.75) is 19.8 Å². The molecule has 2 fully saturated rings. The molecule has 0 unspecified atom stereocenters. The maximum Gasteiger partial charge on any atom is 0.255 e. The van der Waals surface area contributed by atoms with Gasteiger partial charge in [0, 0.05) is 38.9 Å². The van der Waals surface area contributed by atoms with Gasteiger partial charge in [0.25, 0.3) is 5.91 Å². The Morgan fingerprint density at radius 1 is 1.27 bits per heavy atom. The fourth-order valence-electron chi connectivity index (χ4n) is 3.34. The maximum atomic E-state index is 12.6. The van der Waals surface area contributed by atoms with Gasteiger partial charge in [-0.3, -0.25) is 9.59 Å². The number of ether oxygens (including phenoxy) is 1. The van der Waals surface area contributed by atoms with Crippen molar-refractivity contribution in [3.8, 4) is 0 Å². The number of morpholine rings is 1. The molecule has 0 saturated carbocycles. The monoisotopic (exact) mass is 380 g/mol. The van der Waals surface area contributed by atoms with Gasteiger partial charge in [0.05, 0.1) is 30.3 Å². The molecule has 1 aromatic rings. The normalized spacial score (nSPS) is 18.8. The minimum atomic E-state index is -0.0877. The molecular formula is C18H25ClN4O3. The van der Waals surface area contributed by atoms with Crippen molar-refractivity contribution in [2.75, 3.05) is 57.4 Å². The number of aromatic nitrogens is 1. The summed E-state index contributed by atoms with van der Waals surface area (Å²) in [6.07, 6.45) is 3.37. The van der Waals surface area contributed by atoms with Crippen molar-refractivity contribution in [3.63, 3.8) is 0 Å². The van der Waals surface area contributed by atoms with Crippen LogP contribution in [0.3, 0.4) is 0 Å². The highest BCUT2D eigenvalue weighted by Crippen LogP contribution is 2.26. The van der Waals surface area contributed by atoms with Crippen LogP contribution in [-0.2, 0) is 9.53 Å². The minimum absolute atomic E-state index is 0.0877. The second kappa shape index (κ2) is 8.68. The number of hydrogen-bond donors (Lipinski definition) is 0. The van der Waals surface area contributed by atoms with Gasteiger partial charge in [-0.1, -0.05) is 18.5 Å². The van der Waals surface area contributed by atoms with Crippen molar-refractivity contribution >= 4 is 29.2 Å². The Bertz CT molecular complexity index is 664. The van der Waals surface area contributed by atoms with E-state index in [2.05, 4.69) is 11.9 Å². The SMILES string of the molecule is CCCN1CCCN(c2ncc(C(=O)N3CCOCC3)cc2Cl)CC1=O. The second-order valence-electron chi connectivity index (χ2n) is 6.59. The Hall–Kier alpha value is -1.86. The van der Waals surface area contributed by atoms with Gasteiger partial charge in [-0.15, -0.1) is 0 Å². The molecule has 3 heterocycles. The molecule has 2 saturated heterocycles. The van der Waals surface area contributed by atoms with E-state index in [1.807, 2.05) is 9.80 Å². The van der Waals surface area contributed by atoms with Crippen molar-refractivity contribution < 1.29 is 14.3 Å². The molecule has 26 heavy (non-hydrogen) atoms. The summed E-state index contributed by atoms with van der Waals surface area (Å²) >= 11 is 6.42. The number of rotatable bonds is 4. The highest BCUT2D eigenvalue weighted by molar-refractivity contribution is 6.33. The molecule has 0 N–H and O–H groups in total. The second-order valence-corrected chi connectivity index (χ2v) is 7.00. The largest absolute Gasteiger partial charge is 0.378 e. The van der Waals surface area contributed by atoms with E-state index >= 15 is 0 Å². The number of carbonyl (C=O) groups is 2. The summed E-state index contributed by atoms with van der Waals surface area (Å²) in [5, 5.41) is 0.404. The average Bonchev–Trinajstić information content (AvgIpc) is 2.84. The van der Waals surface area contributed by atoms with Crippen LogP contribution in [0, 0.1) is 0 Å². The third-order valence-corrected chi connectivity index (χ3v) is 4.97. The lowest BCUT2D eigenvalue weighted by molar-refractivity contribution is -0.129. The molecule has 2 amide bonds. The molecule has 3 rings (SSSR count). The molecule has 2 aliphatic rings. The number of nitrogens with zero attached hydrogens (tertiary/aromatic N) is 4. The van der Waals surface area contributed by atoms with Gasteiger partial charge in [0.1, 0.15) is 5.82 Å². The summed E-state index contributed by atoms with van der Waals surface area (Å²) in [5.41, 5.74) is 0.467. The van der Waals surface area contributed by atoms with Gasteiger partial charge in [-0.05, 0) is 18.9 Å². The van der Waals surface area contributed by atoms with Gasteiger partial charge in [0.2, 0.25) is 5.91 Å². The zero-order chi connectivity index (χ0) is 18.5. The van der Waals surface area contributed by atoms with E-state index in [9.17, 15) is 9.59 Å². The Morgan fingerprint density at radius 3 is 2.73 bits per heavy atom. The van der Waals surface area contributed by atoms with Crippen molar-refractivity contribution in [1.29, 1.82) is 0 Å². The fraction of sp³-hybridized carbons (Fsp3) is 0.611. The summed E-state index contributed by atoms with van der Waals surface area (Å²) in [5.74, 6) is 0.572. The van der Waals surface area contributed by atoms with E-state index in [-0.39, 0.29) is 18.4 Å². The smallest absolute Gasteiger partial charge is 0.255 e. The van der Waals surface area contributed by atoms with E-state index in [1.54, 1.807) is 17.2 Å². The lowest BCUT2D eigenvalue weighted by atomic mass is 10.2. The summed E-state index contributed by atoms with van der Waals surface area (Å²) in [6.45, 7) is 6.84. The number of anilines is 1. The van der Waals surface area contributed by atoms with Gasteiger partial charge in [0.15, 0.2) is 0 Å². The molecule has 0 aliphatic carbocycles. The highest BCUT2D eigenvalue weighted by atomic mass is 35.5. The first-order valence-electron chi connectivity index (χ1n) is 9.15. The van der Waals surface area contributed by atoms with Crippen LogP contribution in [0.15, 0.2) is 12.3 Å². The van der Waals surface area contributed by atoms with Gasteiger partial charge >= 0.3 is 0 Å². The number of amides is 2. The van der Waals surface area contributed by atoms with Gasteiger partial charge in [-0.2, -0.15) is 0 Å².